The van der Waals surface area contributed by atoms with Crippen molar-refractivity contribution in [2.45, 2.75) is 6.54 Å². The summed E-state index contributed by atoms with van der Waals surface area (Å²) in [5.74, 6) is -0.0515. The average molecular weight is 512 g/mol. The Balaban J connectivity index is 0.00000240. The minimum absolute atomic E-state index is 0. The van der Waals surface area contributed by atoms with Gasteiger partial charge in [0.05, 0.1) is 17.9 Å². The van der Waals surface area contributed by atoms with Gasteiger partial charge in [-0.05, 0) is 24.3 Å². The van der Waals surface area contributed by atoms with Crippen LogP contribution in [0.25, 0.3) is 5.65 Å². The summed E-state index contributed by atoms with van der Waals surface area (Å²) in [5.41, 5.74) is 2.14. The maximum absolute atomic E-state index is 14.0. The molecular weight excluding hydrogens is 489 g/mol. The molecule has 0 saturated carbocycles. The van der Waals surface area contributed by atoms with Crippen molar-refractivity contribution in [3.05, 3.63) is 66.1 Å². The second-order valence-corrected chi connectivity index (χ2v) is 6.67. The fourth-order valence-electron chi connectivity index (χ4n) is 3.46. The average Bonchev–Trinajstić information content (AvgIpc) is 3.14. The van der Waals surface area contributed by atoms with E-state index < -0.39 is 11.6 Å². The molecule has 1 aliphatic heterocycles. The number of nitrogens with one attached hydrogen (secondary N) is 1. The third-order valence-corrected chi connectivity index (χ3v) is 4.88. The first-order valence-corrected chi connectivity index (χ1v) is 9.22. The van der Waals surface area contributed by atoms with Crippen molar-refractivity contribution in [3.63, 3.8) is 0 Å². The first kappa shape index (κ1) is 21.3. The van der Waals surface area contributed by atoms with Crippen LogP contribution in [0.4, 0.5) is 14.5 Å². The molecule has 3 heterocycles. The van der Waals surface area contributed by atoms with Crippen molar-refractivity contribution < 1.29 is 8.78 Å². The van der Waals surface area contributed by atoms with E-state index in [4.69, 9.17) is 0 Å². The van der Waals surface area contributed by atoms with E-state index in [1.807, 2.05) is 39.9 Å². The predicted molar refractivity (Wildman–Crippen MR) is 121 cm³/mol. The smallest absolute Gasteiger partial charge is 0.194 e. The molecule has 1 aliphatic rings. The van der Waals surface area contributed by atoms with E-state index in [-0.39, 0.29) is 24.0 Å². The van der Waals surface area contributed by atoms with Crippen molar-refractivity contribution in [2.24, 2.45) is 4.99 Å². The number of hydrogen-bond donors (Lipinski definition) is 1. The van der Waals surface area contributed by atoms with Crippen molar-refractivity contribution in [1.82, 2.24) is 19.6 Å². The van der Waals surface area contributed by atoms with Crippen LogP contribution in [-0.4, -0.2) is 53.5 Å². The molecule has 0 aliphatic carbocycles. The van der Waals surface area contributed by atoms with E-state index >= 15 is 0 Å². The maximum Gasteiger partial charge on any atom is 0.194 e. The van der Waals surface area contributed by atoms with Crippen LogP contribution in [0.3, 0.4) is 0 Å². The summed E-state index contributed by atoms with van der Waals surface area (Å²) in [4.78, 5) is 12.9. The number of imidazole rings is 1. The molecule has 3 aromatic rings. The van der Waals surface area contributed by atoms with Crippen LogP contribution in [-0.2, 0) is 6.54 Å². The van der Waals surface area contributed by atoms with Crippen molar-refractivity contribution in [1.29, 1.82) is 0 Å². The van der Waals surface area contributed by atoms with Crippen LogP contribution < -0.4 is 10.2 Å². The summed E-state index contributed by atoms with van der Waals surface area (Å²) in [7, 11) is 1.74. The number of nitrogens with zero attached hydrogens (tertiary/aromatic N) is 5. The molecular formula is C20H23F2IN6. The fourth-order valence-corrected chi connectivity index (χ4v) is 3.46. The monoisotopic (exact) mass is 512 g/mol. The third-order valence-electron chi connectivity index (χ3n) is 4.88. The largest absolute Gasteiger partial charge is 0.366 e. The van der Waals surface area contributed by atoms with Gasteiger partial charge in [0.1, 0.15) is 17.3 Å². The van der Waals surface area contributed by atoms with Gasteiger partial charge in [0, 0.05) is 51.7 Å². The molecule has 1 saturated heterocycles. The molecule has 29 heavy (non-hydrogen) atoms. The number of pyridine rings is 1. The zero-order valence-corrected chi connectivity index (χ0v) is 18.4. The van der Waals surface area contributed by atoms with E-state index in [0.29, 0.717) is 38.4 Å². The van der Waals surface area contributed by atoms with Crippen LogP contribution in [0.2, 0.25) is 0 Å². The number of hydrogen-bond acceptors (Lipinski definition) is 3. The highest BCUT2D eigenvalue weighted by molar-refractivity contribution is 14.0. The molecule has 0 atom stereocenters. The number of benzene rings is 1. The second kappa shape index (κ2) is 9.38. The quantitative estimate of drug-likeness (QED) is 0.333. The van der Waals surface area contributed by atoms with Gasteiger partial charge in [0.2, 0.25) is 0 Å². The van der Waals surface area contributed by atoms with E-state index in [9.17, 15) is 8.78 Å². The van der Waals surface area contributed by atoms with Crippen LogP contribution in [0.5, 0.6) is 0 Å². The highest BCUT2D eigenvalue weighted by Crippen LogP contribution is 2.22. The lowest BCUT2D eigenvalue weighted by molar-refractivity contribution is 0.370. The standard InChI is InChI=1S/C20H22F2N6.HI/c1-23-20(24-13-16-14-28-7-3-2-4-19(28)25-16)27-10-8-26(9-11-27)18-12-15(21)5-6-17(18)22;/h2-7,12,14H,8-11,13H2,1H3,(H,23,24);1H. The number of halogens is 3. The van der Waals surface area contributed by atoms with Gasteiger partial charge >= 0.3 is 0 Å². The van der Waals surface area contributed by atoms with E-state index in [0.717, 1.165) is 23.4 Å². The number of rotatable bonds is 3. The molecule has 6 nitrogen and oxygen atoms in total. The van der Waals surface area contributed by atoms with E-state index in [1.165, 1.54) is 12.1 Å². The highest BCUT2D eigenvalue weighted by atomic mass is 127. The Bertz CT molecular complexity index is 965. The van der Waals surface area contributed by atoms with Crippen LogP contribution >= 0.6 is 24.0 Å². The Morgan fingerprint density at radius 2 is 1.93 bits per heavy atom. The molecule has 0 spiro atoms. The molecule has 0 unspecified atom stereocenters. The molecule has 0 bridgehead atoms. The Morgan fingerprint density at radius 3 is 2.66 bits per heavy atom. The summed E-state index contributed by atoms with van der Waals surface area (Å²) in [6.07, 6.45) is 3.95. The van der Waals surface area contributed by atoms with Gasteiger partial charge in [0.15, 0.2) is 5.96 Å². The first-order chi connectivity index (χ1) is 13.6. The Morgan fingerprint density at radius 1 is 1.14 bits per heavy atom. The molecule has 0 amide bonds. The van der Waals surface area contributed by atoms with Gasteiger partial charge in [-0.25, -0.2) is 13.8 Å². The lowest BCUT2D eigenvalue weighted by Gasteiger charge is -2.37. The molecule has 9 heteroatoms. The van der Waals surface area contributed by atoms with Crippen molar-refractivity contribution in [2.75, 3.05) is 38.1 Å². The van der Waals surface area contributed by atoms with Gasteiger partial charge in [0.25, 0.3) is 0 Å². The minimum atomic E-state index is -0.427. The van der Waals surface area contributed by atoms with Crippen molar-refractivity contribution >= 4 is 41.3 Å². The number of anilines is 1. The lowest BCUT2D eigenvalue weighted by atomic mass is 10.2. The zero-order chi connectivity index (χ0) is 19.5. The number of aliphatic imine (C=N–C) groups is 1. The van der Waals surface area contributed by atoms with Crippen molar-refractivity contribution in [3.8, 4) is 0 Å². The van der Waals surface area contributed by atoms with Crippen LogP contribution in [0.1, 0.15) is 5.69 Å². The highest BCUT2D eigenvalue weighted by Gasteiger charge is 2.22. The second-order valence-electron chi connectivity index (χ2n) is 6.67. The van der Waals surface area contributed by atoms with Crippen LogP contribution in [0, 0.1) is 11.6 Å². The number of guanidine groups is 1. The molecule has 0 radical (unpaired) electrons. The fraction of sp³-hybridized carbons (Fsp3) is 0.300. The summed E-state index contributed by atoms with van der Waals surface area (Å²) < 4.78 is 29.4. The molecule has 1 fully saturated rings. The van der Waals surface area contributed by atoms with Gasteiger partial charge in [-0.1, -0.05) is 6.07 Å². The minimum Gasteiger partial charge on any atom is -0.366 e. The molecule has 1 aromatic carbocycles. The number of aromatic nitrogens is 2. The number of fused-ring (bicyclic) bond motifs is 1. The van der Waals surface area contributed by atoms with E-state index in [2.05, 4.69) is 20.2 Å². The first-order valence-electron chi connectivity index (χ1n) is 9.22. The summed E-state index contributed by atoms with van der Waals surface area (Å²) in [5, 5.41) is 3.34. The predicted octanol–water partition coefficient (Wildman–Crippen LogP) is 3.13. The van der Waals surface area contributed by atoms with E-state index in [1.54, 1.807) is 7.05 Å². The normalized spacial score (nSPS) is 14.8. The van der Waals surface area contributed by atoms with Gasteiger partial charge in [-0.3, -0.25) is 4.99 Å². The topological polar surface area (TPSA) is 48.2 Å². The van der Waals surface area contributed by atoms with Crippen LogP contribution in [0.15, 0.2) is 53.8 Å². The molecule has 1 N–H and O–H groups in total. The number of piperazine rings is 1. The zero-order valence-electron chi connectivity index (χ0n) is 16.1. The summed E-state index contributed by atoms with van der Waals surface area (Å²) >= 11 is 0. The lowest BCUT2D eigenvalue weighted by Crippen LogP contribution is -2.52. The third kappa shape index (κ3) is 4.77. The Kier molecular flexibility index (Phi) is 6.88. The molecule has 154 valence electrons. The van der Waals surface area contributed by atoms with Gasteiger partial charge < -0.3 is 19.5 Å². The van der Waals surface area contributed by atoms with Gasteiger partial charge in [-0.15, -0.1) is 24.0 Å². The molecule has 4 rings (SSSR count). The molecule has 2 aromatic heterocycles. The summed E-state index contributed by atoms with van der Waals surface area (Å²) in [6, 6.07) is 9.45. The Hall–Kier alpha value is -2.43. The SMILES string of the molecule is CN=C(NCc1cn2ccccc2n1)N1CCN(c2cc(F)ccc2F)CC1.I. The maximum atomic E-state index is 14.0. The van der Waals surface area contributed by atoms with Gasteiger partial charge in [-0.2, -0.15) is 0 Å². The summed E-state index contributed by atoms with van der Waals surface area (Å²) in [6.45, 7) is 3.08. The Labute approximate surface area is 185 Å².